The Bertz CT molecular complexity index is 418. The Balaban J connectivity index is 2.66. The molecule has 106 valence electrons. The second-order valence-corrected chi connectivity index (χ2v) is 4.73. The molecule has 0 aliphatic rings. The number of amides is 1. The van der Waals surface area contributed by atoms with E-state index in [2.05, 4.69) is 5.32 Å². The molecule has 0 saturated heterocycles. The van der Waals surface area contributed by atoms with Gasteiger partial charge in [-0.1, -0.05) is 23.9 Å². The minimum absolute atomic E-state index is 0.000350. The van der Waals surface area contributed by atoms with Crippen LogP contribution in [0.5, 0.6) is 0 Å². The number of methoxy groups -OCH3 is 1. The summed E-state index contributed by atoms with van der Waals surface area (Å²) in [6.45, 7) is 0.0913. The van der Waals surface area contributed by atoms with Crippen molar-refractivity contribution in [3.8, 4) is 0 Å². The number of nitrogens with one attached hydrogen (secondary N) is 1. The van der Waals surface area contributed by atoms with E-state index < -0.39 is 17.8 Å². The predicted molar refractivity (Wildman–Crippen MR) is 68.5 cm³/mol. The number of alkyl halides is 2. The summed E-state index contributed by atoms with van der Waals surface area (Å²) in [6, 6.07) is 6.09. The van der Waals surface area contributed by atoms with Crippen LogP contribution in [0.25, 0.3) is 0 Å². The van der Waals surface area contributed by atoms with Crippen molar-refractivity contribution in [3.05, 3.63) is 29.8 Å². The molecule has 0 radical (unpaired) electrons. The summed E-state index contributed by atoms with van der Waals surface area (Å²) >= 11 is 0.317. The van der Waals surface area contributed by atoms with Crippen LogP contribution in [0.1, 0.15) is 10.4 Å². The Hall–Kier alpha value is -1.18. The number of rotatable bonds is 7. The van der Waals surface area contributed by atoms with E-state index in [0.717, 1.165) is 0 Å². The van der Waals surface area contributed by atoms with Gasteiger partial charge in [-0.25, -0.2) is 0 Å². The molecule has 7 heteroatoms. The zero-order valence-electron chi connectivity index (χ0n) is 10.3. The average Bonchev–Trinajstić information content (AvgIpc) is 2.36. The van der Waals surface area contributed by atoms with E-state index in [0.29, 0.717) is 11.8 Å². The molecular weight excluding hydrogens is 276 g/mol. The molecule has 1 aromatic carbocycles. The maximum atomic E-state index is 12.4. The Morgan fingerprint density at radius 1 is 1.47 bits per heavy atom. The van der Waals surface area contributed by atoms with Crippen LogP contribution in [-0.2, 0) is 4.74 Å². The third-order valence-corrected chi connectivity index (χ3v) is 2.99. The van der Waals surface area contributed by atoms with Crippen molar-refractivity contribution in [1.82, 2.24) is 5.32 Å². The number of carbonyl (C=O) groups excluding carboxylic acids is 1. The summed E-state index contributed by atoms with van der Waals surface area (Å²) in [5.41, 5.74) is 0.164. The number of carbonyl (C=O) groups is 1. The van der Waals surface area contributed by atoms with Crippen LogP contribution >= 0.6 is 11.8 Å². The highest BCUT2D eigenvalue weighted by atomic mass is 32.2. The first-order valence-corrected chi connectivity index (χ1v) is 6.41. The summed E-state index contributed by atoms with van der Waals surface area (Å²) in [5.74, 6) is -3.09. The zero-order valence-corrected chi connectivity index (χ0v) is 11.1. The highest BCUT2D eigenvalue weighted by molar-refractivity contribution is 7.99. The monoisotopic (exact) mass is 291 g/mol. The lowest BCUT2D eigenvalue weighted by Gasteiger charge is -2.12. The zero-order chi connectivity index (χ0) is 14.3. The van der Waals surface area contributed by atoms with Crippen LogP contribution in [0, 0.1) is 0 Å². The van der Waals surface area contributed by atoms with E-state index in [1.54, 1.807) is 12.1 Å². The highest BCUT2D eigenvalue weighted by Gasteiger charge is 2.15. The Kier molecular flexibility index (Phi) is 6.75. The number of halogens is 2. The smallest absolute Gasteiger partial charge is 0.288 e. The molecule has 0 aromatic heterocycles. The van der Waals surface area contributed by atoms with Crippen LogP contribution in [0.4, 0.5) is 8.78 Å². The molecule has 0 spiro atoms. The molecule has 2 N–H and O–H groups in total. The third kappa shape index (κ3) is 5.54. The van der Waals surface area contributed by atoms with Gasteiger partial charge in [0.25, 0.3) is 11.7 Å². The average molecular weight is 291 g/mol. The maximum absolute atomic E-state index is 12.4. The summed E-state index contributed by atoms with van der Waals surface area (Å²) in [4.78, 5) is 12.0. The second-order valence-electron chi connectivity index (χ2n) is 3.69. The molecule has 1 aromatic rings. The van der Waals surface area contributed by atoms with Gasteiger partial charge in [0.05, 0.1) is 18.3 Å². The van der Waals surface area contributed by atoms with Gasteiger partial charge in [0.2, 0.25) is 0 Å². The molecule has 0 bridgehead atoms. The molecule has 0 aliphatic heterocycles. The SMILES string of the molecule is COCC(O)CNC(=O)c1ccccc1SC(F)F. The molecule has 19 heavy (non-hydrogen) atoms. The van der Waals surface area contributed by atoms with Crippen LogP contribution in [0.3, 0.4) is 0 Å². The fraction of sp³-hybridized carbons (Fsp3) is 0.417. The molecular formula is C12H15F2NO3S. The third-order valence-electron chi connectivity index (χ3n) is 2.21. The number of hydrogen-bond acceptors (Lipinski definition) is 4. The maximum Gasteiger partial charge on any atom is 0.288 e. The lowest BCUT2D eigenvalue weighted by atomic mass is 10.2. The standard InChI is InChI=1S/C12H15F2NO3S/c1-18-7-8(16)6-15-11(17)9-4-2-3-5-10(9)19-12(13)14/h2-5,8,12,16H,6-7H2,1H3,(H,15,17). The minimum atomic E-state index is -2.59. The molecule has 0 aliphatic carbocycles. The molecule has 1 atom stereocenters. The molecule has 4 nitrogen and oxygen atoms in total. The fourth-order valence-corrected chi connectivity index (χ4v) is 2.05. The van der Waals surface area contributed by atoms with Crippen LogP contribution < -0.4 is 5.32 Å². The van der Waals surface area contributed by atoms with Crippen molar-refractivity contribution < 1.29 is 23.4 Å². The van der Waals surface area contributed by atoms with E-state index in [9.17, 15) is 18.7 Å². The van der Waals surface area contributed by atoms with Crippen molar-refractivity contribution in [2.75, 3.05) is 20.3 Å². The van der Waals surface area contributed by atoms with Gasteiger partial charge in [-0.2, -0.15) is 8.78 Å². The molecule has 1 amide bonds. The van der Waals surface area contributed by atoms with Crippen molar-refractivity contribution in [2.45, 2.75) is 16.8 Å². The van der Waals surface area contributed by atoms with Crippen LogP contribution in [0.15, 0.2) is 29.2 Å². The molecule has 1 rings (SSSR count). The number of hydrogen-bond donors (Lipinski definition) is 2. The summed E-state index contributed by atoms with van der Waals surface area (Å²) in [7, 11) is 1.43. The van der Waals surface area contributed by atoms with Gasteiger partial charge < -0.3 is 15.2 Å². The van der Waals surface area contributed by atoms with Crippen LogP contribution in [0.2, 0.25) is 0 Å². The number of ether oxygens (including phenoxy) is 1. The van der Waals surface area contributed by atoms with Gasteiger partial charge in [-0.05, 0) is 12.1 Å². The molecule has 0 heterocycles. The summed E-state index contributed by atoms with van der Waals surface area (Å²) < 4.78 is 29.4. The Morgan fingerprint density at radius 3 is 2.79 bits per heavy atom. The largest absolute Gasteiger partial charge is 0.389 e. The van der Waals surface area contributed by atoms with Crippen molar-refractivity contribution in [3.63, 3.8) is 0 Å². The highest BCUT2D eigenvalue weighted by Crippen LogP contribution is 2.28. The normalized spacial score (nSPS) is 12.5. The van der Waals surface area contributed by atoms with E-state index >= 15 is 0 Å². The first kappa shape index (κ1) is 15.9. The number of aliphatic hydroxyl groups excluding tert-OH is 1. The fourth-order valence-electron chi connectivity index (χ4n) is 1.41. The topological polar surface area (TPSA) is 58.6 Å². The number of benzene rings is 1. The summed E-state index contributed by atoms with van der Waals surface area (Å²) in [6.07, 6.45) is -0.830. The molecule has 0 saturated carbocycles. The van der Waals surface area contributed by atoms with E-state index in [4.69, 9.17) is 4.74 Å². The van der Waals surface area contributed by atoms with Crippen LogP contribution in [-0.4, -0.2) is 43.1 Å². The van der Waals surface area contributed by atoms with E-state index in [-0.39, 0.29) is 23.6 Å². The minimum Gasteiger partial charge on any atom is -0.389 e. The summed E-state index contributed by atoms with van der Waals surface area (Å²) in [5, 5.41) is 11.9. The van der Waals surface area contributed by atoms with E-state index in [1.165, 1.54) is 19.2 Å². The lowest BCUT2D eigenvalue weighted by molar-refractivity contribution is 0.0609. The van der Waals surface area contributed by atoms with Gasteiger partial charge in [-0.15, -0.1) is 0 Å². The number of aliphatic hydroxyl groups is 1. The van der Waals surface area contributed by atoms with Gasteiger partial charge >= 0.3 is 0 Å². The van der Waals surface area contributed by atoms with E-state index in [1.807, 2.05) is 0 Å². The quantitative estimate of drug-likeness (QED) is 0.751. The van der Waals surface area contributed by atoms with Gasteiger partial charge in [-0.3, -0.25) is 4.79 Å². The predicted octanol–water partition coefficient (Wildman–Crippen LogP) is 1.74. The Labute approximate surface area is 114 Å². The van der Waals surface area contributed by atoms with Crippen molar-refractivity contribution in [2.24, 2.45) is 0 Å². The second kappa shape index (κ2) is 8.08. The lowest BCUT2D eigenvalue weighted by Crippen LogP contribution is -2.34. The molecule has 0 fully saturated rings. The van der Waals surface area contributed by atoms with Gasteiger partial charge in [0.1, 0.15) is 0 Å². The molecule has 1 unspecified atom stereocenters. The Morgan fingerprint density at radius 2 is 2.16 bits per heavy atom. The first-order chi connectivity index (χ1) is 9.04. The van der Waals surface area contributed by atoms with Crippen molar-refractivity contribution >= 4 is 17.7 Å². The first-order valence-electron chi connectivity index (χ1n) is 5.53. The van der Waals surface area contributed by atoms with Crippen molar-refractivity contribution in [1.29, 1.82) is 0 Å². The van der Waals surface area contributed by atoms with Gasteiger partial charge in [0, 0.05) is 18.6 Å². The number of thioether (sulfide) groups is 1. The van der Waals surface area contributed by atoms with Gasteiger partial charge in [0.15, 0.2) is 0 Å².